The fourth-order valence-electron chi connectivity index (χ4n) is 1.79. The molecule has 0 radical (unpaired) electrons. The summed E-state index contributed by atoms with van der Waals surface area (Å²) in [4.78, 5) is 4.09. The molecular formula is C15H26N2O4. The van der Waals surface area contributed by atoms with Gasteiger partial charge < -0.3 is 24.7 Å². The first-order valence-corrected chi connectivity index (χ1v) is 7.17. The summed E-state index contributed by atoms with van der Waals surface area (Å²) in [5, 5.41) is 0. The van der Waals surface area contributed by atoms with Gasteiger partial charge in [0.15, 0.2) is 0 Å². The monoisotopic (exact) mass is 298 g/mol. The van der Waals surface area contributed by atoms with E-state index >= 15 is 0 Å². The molecule has 21 heavy (non-hydrogen) atoms. The molecule has 0 saturated heterocycles. The van der Waals surface area contributed by atoms with Crippen molar-refractivity contribution in [3.63, 3.8) is 0 Å². The number of nitrogens with zero attached hydrogens (tertiary/aromatic N) is 1. The Kier molecular flexibility index (Phi) is 9.94. The number of hydrogen-bond acceptors (Lipinski definition) is 6. The van der Waals surface area contributed by atoms with Crippen molar-refractivity contribution in [3.05, 3.63) is 30.1 Å². The maximum atomic E-state index is 5.95. The lowest BCUT2D eigenvalue weighted by Gasteiger charge is -2.21. The van der Waals surface area contributed by atoms with Crippen LogP contribution in [0.1, 0.15) is 18.6 Å². The Morgan fingerprint density at radius 1 is 1.10 bits per heavy atom. The molecule has 1 aromatic rings. The van der Waals surface area contributed by atoms with E-state index in [9.17, 15) is 0 Å². The molecule has 6 heteroatoms. The predicted molar refractivity (Wildman–Crippen MR) is 80.1 cm³/mol. The summed E-state index contributed by atoms with van der Waals surface area (Å²) in [6.07, 6.45) is 3.34. The maximum Gasteiger partial charge on any atom is 0.0988 e. The molecule has 1 aromatic heterocycles. The number of pyridine rings is 1. The van der Waals surface area contributed by atoms with E-state index in [4.69, 9.17) is 24.7 Å². The predicted octanol–water partition coefficient (Wildman–Crippen LogP) is 1.17. The van der Waals surface area contributed by atoms with Gasteiger partial charge in [0.25, 0.3) is 0 Å². The van der Waals surface area contributed by atoms with E-state index in [1.54, 1.807) is 19.5 Å². The van der Waals surface area contributed by atoms with E-state index in [0.29, 0.717) is 39.6 Å². The van der Waals surface area contributed by atoms with Crippen LogP contribution in [-0.2, 0) is 18.9 Å². The van der Waals surface area contributed by atoms with Gasteiger partial charge in [-0.1, -0.05) is 6.07 Å². The summed E-state index contributed by atoms with van der Waals surface area (Å²) in [5.41, 5.74) is 6.93. The minimum Gasteiger partial charge on any atom is -0.382 e. The van der Waals surface area contributed by atoms with Gasteiger partial charge in [-0.05, 0) is 13.0 Å². The normalized spacial score (nSPS) is 14.0. The Balaban J connectivity index is 2.12. The average Bonchev–Trinajstić information content (AvgIpc) is 2.50. The Morgan fingerprint density at radius 2 is 1.76 bits per heavy atom. The van der Waals surface area contributed by atoms with Gasteiger partial charge >= 0.3 is 0 Å². The van der Waals surface area contributed by atoms with Gasteiger partial charge in [0.1, 0.15) is 0 Å². The highest BCUT2D eigenvalue weighted by Gasteiger charge is 2.16. The van der Waals surface area contributed by atoms with Gasteiger partial charge in [-0.3, -0.25) is 4.98 Å². The van der Waals surface area contributed by atoms with Crippen LogP contribution < -0.4 is 5.73 Å². The van der Waals surface area contributed by atoms with Crippen LogP contribution in [0.5, 0.6) is 0 Å². The number of methoxy groups -OCH3 is 1. The molecular weight excluding hydrogens is 272 g/mol. The molecule has 0 spiro atoms. The molecule has 2 atom stereocenters. The van der Waals surface area contributed by atoms with Crippen molar-refractivity contribution < 1.29 is 18.9 Å². The highest BCUT2D eigenvalue weighted by molar-refractivity contribution is 5.13. The van der Waals surface area contributed by atoms with Crippen LogP contribution in [0, 0.1) is 0 Å². The number of ether oxygens (including phenoxy) is 4. The van der Waals surface area contributed by atoms with Crippen molar-refractivity contribution in [1.29, 1.82) is 0 Å². The van der Waals surface area contributed by atoms with E-state index in [1.807, 2.05) is 19.1 Å². The molecule has 0 aliphatic heterocycles. The minimum atomic E-state index is -0.166. The Hall–Kier alpha value is -1.05. The van der Waals surface area contributed by atoms with Gasteiger partial charge in [-0.15, -0.1) is 0 Å². The van der Waals surface area contributed by atoms with Crippen LogP contribution in [0.15, 0.2) is 24.5 Å². The zero-order valence-corrected chi connectivity index (χ0v) is 12.9. The molecule has 0 amide bonds. The average molecular weight is 298 g/mol. The fourth-order valence-corrected chi connectivity index (χ4v) is 1.79. The molecule has 1 heterocycles. The SMILES string of the molecule is COCCOCCOCCOC(c1cccnc1)C(C)N. The summed E-state index contributed by atoms with van der Waals surface area (Å²) in [6, 6.07) is 3.74. The number of nitrogens with two attached hydrogens (primary N) is 1. The lowest BCUT2D eigenvalue weighted by Crippen LogP contribution is -2.28. The largest absolute Gasteiger partial charge is 0.382 e. The first kappa shape index (κ1) is 18.0. The van der Waals surface area contributed by atoms with Crippen molar-refractivity contribution in [1.82, 2.24) is 4.98 Å². The van der Waals surface area contributed by atoms with Crippen LogP contribution in [0.2, 0.25) is 0 Å². The smallest absolute Gasteiger partial charge is 0.0988 e. The highest BCUT2D eigenvalue weighted by atomic mass is 16.6. The van der Waals surface area contributed by atoms with Gasteiger partial charge in [-0.2, -0.15) is 0 Å². The molecule has 0 bridgehead atoms. The first-order chi connectivity index (χ1) is 10.3. The second-order valence-electron chi connectivity index (χ2n) is 4.65. The molecule has 0 aliphatic carbocycles. The van der Waals surface area contributed by atoms with Crippen molar-refractivity contribution >= 4 is 0 Å². The lowest BCUT2D eigenvalue weighted by molar-refractivity contribution is -0.0222. The molecule has 0 saturated carbocycles. The van der Waals surface area contributed by atoms with Crippen LogP contribution in [0.4, 0.5) is 0 Å². The maximum absolute atomic E-state index is 5.95. The summed E-state index contributed by atoms with van der Waals surface area (Å²) < 4.78 is 21.4. The summed E-state index contributed by atoms with van der Waals surface area (Å²) in [7, 11) is 1.65. The fraction of sp³-hybridized carbons (Fsp3) is 0.667. The second kappa shape index (κ2) is 11.6. The second-order valence-corrected chi connectivity index (χ2v) is 4.65. The minimum absolute atomic E-state index is 0.105. The zero-order valence-electron chi connectivity index (χ0n) is 12.9. The Morgan fingerprint density at radius 3 is 2.33 bits per heavy atom. The quantitative estimate of drug-likeness (QED) is 0.584. The third-order valence-corrected chi connectivity index (χ3v) is 2.82. The van der Waals surface area contributed by atoms with Crippen LogP contribution >= 0.6 is 0 Å². The summed E-state index contributed by atoms with van der Waals surface area (Å²) in [5.74, 6) is 0. The lowest BCUT2D eigenvalue weighted by atomic mass is 10.1. The molecule has 2 unspecified atom stereocenters. The molecule has 0 aliphatic rings. The standard InChI is InChI=1S/C15H26N2O4/c1-13(16)15(14-4-3-5-17-12-14)21-11-10-20-9-8-19-7-6-18-2/h3-5,12-13,15H,6-11,16H2,1-2H3. The first-order valence-electron chi connectivity index (χ1n) is 7.17. The number of aromatic nitrogens is 1. The van der Waals surface area contributed by atoms with E-state index in [0.717, 1.165) is 5.56 Å². The van der Waals surface area contributed by atoms with E-state index in [1.165, 1.54) is 0 Å². The summed E-state index contributed by atoms with van der Waals surface area (Å²) in [6.45, 7) is 5.21. The van der Waals surface area contributed by atoms with E-state index in [-0.39, 0.29) is 12.1 Å². The van der Waals surface area contributed by atoms with Crippen LogP contribution in [-0.4, -0.2) is 57.8 Å². The van der Waals surface area contributed by atoms with Gasteiger partial charge in [0, 0.05) is 31.1 Å². The molecule has 6 nitrogen and oxygen atoms in total. The van der Waals surface area contributed by atoms with Crippen molar-refractivity contribution in [2.75, 3.05) is 46.8 Å². The molecule has 0 aromatic carbocycles. The third kappa shape index (κ3) is 8.08. The van der Waals surface area contributed by atoms with E-state index in [2.05, 4.69) is 4.98 Å². The third-order valence-electron chi connectivity index (χ3n) is 2.82. The highest BCUT2D eigenvalue weighted by Crippen LogP contribution is 2.18. The molecule has 0 fully saturated rings. The Labute approximate surface area is 126 Å². The van der Waals surface area contributed by atoms with Crippen LogP contribution in [0.3, 0.4) is 0 Å². The van der Waals surface area contributed by atoms with Gasteiger partial charge in [0.2, 0.25) is 0 Å². The molecule has 1 rings (SSSR count). The van der Waals surface area contributed by atoms with Crippen molar-refractivity contribution in [2.24, 2.45) is 5.73 Å². The zero-order chi connectivity index (χ0) is 15.3. The van der Waals surface area contributed by atoms with Crippen molar-refractivity contribution in [3.8, 4) is 0 Å². The van der Waals surface area contributed by atoms with E-state index < -0.39 is 0 Å². The number of hydrogen-bond donors (Lipinski definition) is 1. The number of rotatable bonds is 12. The topological polar surface area (TPSA) is 75.8 Å². The molecule has 2 N–H and O–H groups in total. The Bertz CT molecular complexity index is 349. The van der Waals surface area contributed by atoms with Gasteiger partial charge in [0.05, 0.1) is 45.7 Å². The van der Waals surface area contributed by atoms with Gasteiger partial charge in [-0.25, -0.2) is 0 Å². The van der Waals surface area contributed by atoms with Crippen LogP contribution in [0.25, 0.3) is 0 Å². The summed E-state index contributed by atoms with van der Waals surface area (Å²) >= 11 is 0. The molecule has 120 valence electrons. The van der Waals surface area contributed by atoms with Crippen molar-refractivity contribution in [2.45, 2.75) is 19.1 Å².